The lowest BCUT2D eigenvalue weighted by Crippen LogP contribution is -2.06. The van der Waals surface area contributed by atoms with E-state index in [-0.39, 0.29) is 4.47 Å². The summed E-state index contributed by atoms with van der Waals surface area (Å²) in [6.07, 6.45) is 0. The van der Waals surface area contributed by atoms with Crippen molar-refractivity contribution in [3.05, 3.63) is 21.1 Å². The molecule has 0 aromatic heterocycles. The summed E-state index contributed by atoms with van der Waals surface area (Å²) in [4.78, 5) is -0.452. The zero-order chi connectivity index (χ0) is 13.2. The molecule has 0 aliphatic carbocycles. The van der Waals surface area contributed by atoms with Crippen LogP contribution in [-0.4, -0.2) is 12.1 Å². The molecule has 0 amide bonds. The number of thioether (sulfide) groups is 1. The van der Waals surface area contributed by atoms with Crippen LogP contribution in [0.2, 0.25) is 0 Å². The lowest BCUT2D eigenvalue weighted by molar-refractivity contribution is -0.0528. The standard InChI is InChI=1S/C8H3Br2F5OS/c9-3-1-2-4(16-7(11)12)6(5(3)10)17-8(13,14)15/h1-2,7H. The van der Waals surface area contributed by atoms with Crippen molar-refractivity contribution in [3.63, 3.8) is 0 Å². The van der Waals surface area contributed by atoms with E-state index in [1.165, 1.54) is 6.07 Å². The Balaban J connectivity index is 3.17. The molecule has 0 unspecified atom stereocenters. The van der Waals surface area contributed by atoms with Crippen LogP contribution >= 0.6 is 43.6 Å². The third kappa shape index (κ3) is 4.63. The second-order valence-corrected chi connectivity index (χ2v) is 5.34. The Morgan fingerprint density at radius 2 is 1.76 bits per heavy atom. The summed E-state index contributed by atoms with van der Waals surface area (Å²) in [5.74, 6) is -0.530. The summed E-state index contributed by atoms with van der Waals surface area (Å²) in [6, 6.07) is 2.34. The van der Waals surface area contributed by atoms with Gasteiger partial charge in [-0.05, 0) is 55.8 Å². The van der Waals surface area contributed by atoms with Crippen molar-refractivity contribution in [2.24, 2.45) is 0 Å². The molecule has 0 aliphatic rings. The molecule has 0 bridgehead atoms. The maximum atomic E-state index is 12.3. The highest BCUT2D eigenvalue weighted by Crippen LogP contribution is 2.47. The van der Waals surface area contributed by atoms with Gasteiger partial charge in [-0.1, -0.05) is 0 Å². The molecule has 0 saturated carbocycles. The van der Waals surface area contributed by atoms with Crippen LogP contribution in [-0.2, 0) is 0 Å². The number of hydrogen-bond acceptors (Lipinski definition) is 2. The van der Waals surface area contributed by atoms with E-state index in [4.69, 9.17) is 0 Å². The van der Waals surface area contributed by atoms with E-state index in [0.717, 1.165) is 6.07 Å². The molecule has 1 aromatic carbocycles. The first-order valence-corrected chi connectivity index (χ1v) is 6.29. The summed E-state index contributed by atoms with van der Waals surface area (Å²) >= 11 is 5.34. The SMILES string of the molecule is FC(F)Oc1ccc(Br)c(Br)c1SC(F)(F)F. The van der Waals surface area contributed by atoms with Gasteiger partial charge in [0.25, 0.3) is 0 Å². The molecule has 0 spiro atoms. The molecule has 0 fully saturated rings. The first-order chi connectivity index (χ1) is 7.70. The second-order valence-electron chi connectivity index (χ2n) is 2.61. The van der Waals surface area contributed by atoms with Crippen molar-refractivity contribution in [3.8, 4) is 5.75 Å². The molecule has 0 radical (unpaired) electrons. The average Bonchev–Trinajstić information content (AvgIpc) is 2.15. The summed E-state index contributed by atoms with van der Waals surface area (Å²) in [5, 5.41) is 0. The van der Waals surface area contributed by atoms with Gasteiger partial charge in [0.2, 0.25) is 0 Å². The zero-order valence-corrected chi connectivity index (χ0v) is 11.7. The van der Waals surface area contributed by atoms with Crippen molar-refractivity contribution < 1.29 is 26.7 Å². The van der Waals surface area contributed by atoms with E-state index in [2.05, 4.69) is 36.6 Å². The number of ether oxygens (including phenoxy) is 1. The number of alkyl halides is 5. The molecule has 1 aromatic rings. The number of halogens is 7. The predicted molar refractivity (Wildman–Crippen MR) is 60.4 cm³/mol. The molecule has 0 saturated heterocycles. The molecular weight excluding hydrogens is 399 g/mol. The summed E-state index contributed by atoms with van der Waals surface area (Å²) < 4.78 is 65.2. The molecular formula is C8H3Br2F5OS. The smallest absolute Gasteiger partial charge is 0.434 e. The Kier molecular flexibility index (Phi) is 5.08. The van der Waals surface area contributed by atoms with Crippen molar-refractivity contribution in [2.75, 3.05) is 0 Å². The molecule has 0 N–H and O–H groups in total. The Bertz CT molecular complexity index is 410. The fraction of sp³-hybridized carbons (Fsp3) is 0.250. The monoisotopic (exact) mass is 400 g/mol. The molecule has 17 heavy (non-hydrogen) atoms. The van der Waals surface area contributed by atoms with Gasteiger partial charge in [0.05, 0.1) is 4.90 Å². The lowest BCUT2D eigenvalue weighted by Gasteiger charge is -2.14. The fourth-order valence-electron chi connectivity index (χ4n) is 0.914. The van der Waals surface area contributed by atoms with E-state index in [1.54, 1.807) is 0 Å². The molecule has 1 nitrogen and oxygen atoms in total. The average molecular weight is 402 g/mol. The topological polar surface area (TPSA) is 9.23 Å². The number of benzene rings is 1. The van der Waals surface area contributed by atoms with E-state index in [9.17, 15) is 22.0 Å². The van der Waals surface area contributed by atoms with Crippen LogP contribution in [0.25, 0.3) is 0 Å². The maximum absolute atomic E-state index is 12.3. The van der Waals surface area contributed by atoms with Crippen LogP contribution in [0.5, 0.6) is 5.75 Å². The van der Waals surface area contributed by atoms with Gasteiger partial charge in [0.15, 0.2) is 0 Å². The molecule has 0 heterocycles. The van der Waals surface area contributed by atoms with Crippen molar-refractivity contribution in [2.45, 2.75) is 17.0 Å². The van der Waals surface area contributed by atoms with E-state index < -0.39 is 34.5 Å². The van der Waals surface area contributed by atoms with Crippen LogP contribution in [0.3, 0.4) is 0 Å². The largest absolute Gasteiger partial charge is 0.446 e. The number of hydrogen-bond donors (Lipinski definition) is 0. The molecule has 9 heteroatoms. The van der Waals surface area contributed by atoms with Crippen LogP contribution in [0.15, 0.2) is 26.0 Å². The van der Waals surface area contributed by atoms with Gasteiger partial charge in [-0.3, -0.25) is 0 Å². The summed E-state index contributed by atoms with van der Waals surface area (Å²) in [7, 11) is 0. The first-order valence-electron chi connectivity index (χ1n) is 3.89. The second kappa shape index (κ2) is 5.75. The Morgan fingerprint density at radius 1 is 1.18 bits per heavy atom. The maximum Gasteiger partial charge on any atom is 0.446 e. The van der Waals surface area contributed by atoms with Crippen LogP contribution < -0.4 is 4.74 Å². The van der Waals surface area contributed by atoms with E-state index >= 15 is 0 Å². The minimum absolute atomic E-state index is 0.0120. The predicted octanol–water partition coefficient (Wildman–Crippen LogP) is 5.42. The lowest BCUT2D eigenvalue weighted by atomic mass is 10.3. The minimum atomic E-state index is -4.59. The van der Waals surface area contributed by atoms with Crippen molar-refractivity contribution >= 4 is 43.6 Å². The summed E-state index contributed by atoms with van der Waals surface area (Å²) in [5.41, 5.74) is -4.59. The minimum Gasteiger partial charge on any atom is -0.434 e. The van der Waals surface area contributed by atoms with Gasteiger partial charge < -0.3 is 4.74 Å². The third-order valence-corrected chi connectivity index (χ3v) is 4.57. The first kappa shape index (κ1) is 15.0. The van der Waals surface area contributed by atoms with Gasteiger partial charge in [-0.15, -0.1) is 0 Å². The molecule has 0 atom stereocenters. The quantitative estimate of drug-likeness (QED) is 0.493. The normalized spacial score (nSPS) is 12.0. The van der Waals surface area contributed by atoms with Gasteiger partial charge in [-0.2, -0.15) is 22.0 Å². The van der Waals surface area contributed by atoms with Crippen LogP contribution in [0.1, 0.15) is 0 Å². The molecule has 0 aliphatic heterocycles. The highest BCUT2D eigenvalue weighted by atomic mass is 79.9. The highest BCUT2D eigenvalue weighted by Gasteiger charge is 2.33. The zero-order valence-electron chi connectivity index (χ0n) is 7.69. The Labute approximate surface area is 114 Å². The van der Waals surface area contributed by atoms with Gasteiger partial charge in [0.1, 0.15) is 5.75 Å². The van der Waals surface area contributed by atoms with Gasteiger partial charge in [0, 0.05) is 8.95 Å². The molecule has 1 rings (SSSR count). The molecule has 96 valence electrons. The van der Waals surface area contributed by atoms with Crippen molar-refractivity contribution in [1.82, 2.24) is 0 Å². The van der Waals surface area contributed by atoms with Gasteiger partial charge in [-0.25, -0.2) is 0 Å². The highest BCUT2D eigenvalue weighted by molar-refractivity contribution is 9.13. The van der Waals surface area contributed by atoms with Gasteiger partial charge >= 0.3 is 12.1 Å². The van der Waals surface area contributed by atoms with E-state index in [1.807, 2.05) is 0 Å². The fourth-order valence-corrected chi connectivity index (χ4v) is 2.59. The number of rotatable bonds is 3. The third-order valence-electron chi connectivity index (χ3n) is 1.45. The Hall–Kier alpha value is -0.0200. The Morgan fingerprint density at radius 3 is 2.24 bits per heavy atom. The van der Waals surface area contributed by atoms with Crippen molar-refractivity contribution in [1.29, 1.82) is 0 Å². The van der Waals surface area contributed by atoms with Crippen LogP contribution in [0.4, 0.5) is 22.0 Å². The summed E-state index contributed by atoms with van der Waals surface area (Å²) in [6.45, 7) is -3.18. The van der Waals surface area contributed by atoms with Crippen LogP contribution in [0, 0.1) is 0 Å². The van der Waals surface area contributed by atoms with E-state index in [0.29, 0.717) is 4.47 Å².